The second-order valence-corrected chi connectivity index (χ2v) is 10.7. The van der Waals surface area contributed by atoms with Gasteiger partial charge in [0.1, 0.15) is 17.3 Å². The summed E-state index contributed by atoms with van der Waals surface area (Å²) in [4.78, 5) is 29.9. The molecule has 2 N–H and O–H groups in total. The number of hydrogen-bond donors (Lipinski definition) is 2. The van der Waals surface area contributed by atoms with Gasteiger partial charge in [-0.3, -0.25) is 14.5 Å². The predicted octanol–water partition coefficient (Wildman–Crippen LogP) is 4.36. The van der Waals surface area contributed by atoms with Crippen LogP contribution in [0.3, 0.4) is 0 Å². The van der Waals surface area contributed by atoms with E-state index >= 15 is 0 Å². The minimum atomic E-state index is -0.203. The van der Waals surface area contributed by atoms with E-state index in [0.717, 1.165) is 38.3 Å². The van der Waals surface area contributed by atoms with Crippen LogP contribution in [0, 0.1) is 5.92 Å². The maximum Gasteiger partial charge on any atom is 0.258 e. The molecule has 0 bridgehead atoms. The Kier molecular flexibility index (Phi) is 9.14. The van der Waals surface area contributed by atoms with E-state index in [1.54, 1.807) is 17.9 Å². The van der Waals surface area contributed by atoms with E-state index in [1.807, 2.05) is 27.7 Å². The SMILES string of the molecule is CC(=O)C(C)C.CC(C)c1cc(C(=O)N2Cc3ccc(CN4CCN(C)CC4)cc3C2)c(O)cc1O. The van der Waals surface area contributed by atoms with Crippen molar-refractivity contribution in [3.8, 4) is 11.5 Å². The standard InChI is InChI=1S/C24H31N3O3.C5H10O/c1-16(2)20-11-21(23(29)12-22(20)28)24(30)27-14-18-5-4-17(10-19(18)15-27)13-26-8-6-25(3)7-9-26;1-4(2)5(3)6/h4-5,10-12,16,28-29H,6-9,13-15H2,1-3H3;4H,1-3H3. The van der Waals surface area contributed by atoms with Crippen molar-refractivity contribution in [1.82, 2.24) is 14.7 Å². The van der Waals surface area contributed by atoms with Gasteiger partial charge in [0.15, 0.2) is 0 Å². The number of Topliss-reactive ketones (excluding diaryl/α,β-unsaturated/α-hetero) is 1. The van der Waals surface area contributed by atoms with Gasteiger partial charge in [-0.2, -0.15) is 0 Å². The van der Waals surface area contributed by atoms with E-state index in [-0.39, 0.29) is 40.6 Å². The molecule has 2 aliphatic rings. The zero-order valence-corrected chi connectivity index (χ0v) is 22.5. The third kappa shape index (κ3) is 6.86. The molecule has 2 aliphatic heterocycles. The fraction of sp³-hybridized carbons (Fsp3) is 0.517. The number of likely N-dealkylation sites (N-methyl/N-ethyl adjacent to an activating group) is 1. The molecule has 2 aromatic rings. The van der Waals surface area contributed by atoms with Gasteiger partial charge in [0.2, 0.25) is 0 Å². The number of amides is 1. The molecule has 0 aliphatic carbocycles. The van der Waals surface area contributed by atoms with Crippen LogP contribution in [0.15, 0.2) is 30.3 Å². The van der Waals surface area contributed by atoms with Gasteiger partial charge < -0.3 is 20.0 Å². The molecule has 1 fully saturated rings. The number of nitrogens with zero attached hydrogens (tertiary/aromatic N) is 3. The van der Waals surface area contributed by atoms with Crippen molar-refractivity contribution in [2.24, 2.45) is 5.92 Å². The molecule has 4 rings (SSSR count). The van der Waals surface area contributed by atoms with Crippen LogP contribution in [-0.2, 0) is 24.4 Å². The first-order valence-corrected chi connectivity index (χ1v) is 12.8. The fourth-order valence-electron chi connectivity index (χ4n) is 4.35. The van der Waals surface area contributed by atoms with Crippen molar-refractivity contribution >= 4 is 11.7 Å². The van der Waals surface area contributed by atoms with Crippen molar-refractivity contribution in [3.63, 3.8) is 0 Å². The van der Waals surface area contributed by atoms with Crippen molar-refractivity contribution in [2.75, 3.05) is 33.2 Å². The number of hydrogen-bond acceptors (Lipinski definition) is 6. The summed E-state index contributed by atoms with van der Waals surface area (Å²) in [5.41, 5.74) is 4.54. The molecule has 0 unspecified atom stereocenters. The van der Waals surface area contributed by atoms with Gasteiger partial charge in [-0.1, -0.05) is 45.9 Å². The van der Waals surface area contributed by atoms with E-state index in [4.69, 9.17) is 0 Å². The van der Waals surface area contributed by atoms with Crippen LogP contribution in [0.2, 0.25) is 0 Å². The largest absolute Gasteiger partial charge is 0.508 e. The van der Waals surface area contributed by atoms with Crippen molar-refractivity contribution in [3.05, 3.63) is 58.1 Å². The summed E-state index contributed by atoms with van der Waals surface area (Å²) in [6.45, 7) is 15.7. The number of ketones is 1. The number of rotatable bonds is 5. The van der Waals surface area contributed by atoms with Crippen LogP contribution >= 0.6 is 0 Å². The van der Waals surface area contributed by atoms with E-state index in [0.29, 0.717) is 18.7 Å². The van der Waals surface area contributed by atoms with Gasteiger partial charge in [0.25, 0.3) is 5.91 Å². The lowest BCUT2D eigenvalue weighted by Gasteiger charge is -2.32. The molecule has 7 nitrogen and oxygen atoms in total. The Hall–Kier alpha value is -2.90. The summed E-state index contributed by atoms with van der Waals surface area (Å²) in [5.74, 6) is 0.183. The monoisotopic (exact) mass is 495 g/mol. The molecular weight excluding hydrogens is 454 g/mol. The average molecular weight is 496 g/mol. The number of piperazine rings is 1. The van der Waals surface area contributed by atoms with Crippen LogP contribution in [0.1, 0.15) is 73.1 Å². The Labute approximate surface area is 215 Å². The third-order valence-electron chi connectivity index (χ3n) is 7.09. The molecule has 0 aromatic heterocycles. The Bertz CT molecular complexity index is 1090. The lowest BCUT2D eigenvalue weighted by Crippen LogP contribution is -2.43. The van der Waals surface area contributed by atoms with Gasteiger partial charge in [-0.05, 0) is 48.2 Å². The number of benzene rings is 2. The van der Waals surface area contributed by atoms with Gasteiger partial charge in [-0.15, -0.1) is 0 Å². The number of carbonyl (C=O) groups excluding carboxylic acids is 2. The van der Waals surface area contributed by atoms with Crippen LogP contribution < -0.4 is 0 Å². The van der Waals surface area contributed by atoms with E-state index in [1.165, 1.54) is 17.2 Å². The van der Waals surface area contributed by atoms with Crippen LogP contribution in [-0.4, -0.2) is 69.8 Å². The Morgan fingerprint density at radius 1 is 0.889 bits per heavy atom. The number of fused-ring (bicyclic) bond motifs is 1. The highest BCUT2D eigenvalue weighted by Gasteiger charge is 2.27. The first-order chi connectivity index (χ1) is 17.0. The van der Waals surface area contributed by atoms with Crippen molar-refractivity contribution < 1.29 is 19.8 Å². The summed E-state index contributed by atoms with van der Waals surface area (Å²) < 4.78 is 0. The normalized spacial score (nSPS) is 16.2. The molecular formula is C29H41N3O4. The quantitative estimate of drug-likeness (QED) is 0.641. The predicted molar refractivity (Wildman–Crippen MR) is 142 cm³/mol. The molecule has 2 aromatic carbocycles. The molecule has 0 atom stereocenters. The zero-order chi connectivity index (χ0) is 26.6. The first kappa shape index (κ1) is 27.7. The molecule has 1 saturated heterocycles. The molecule has 36 heavy (non-hydrogen) atoms. The summed E-state index contributed by atoms with van der Waals surface area (Å²) in [6, 6.07) is 9.42. The van der Waals surface area contributed by atoms with Gasteiger partial charge in [0, 0.05) is 57.8 Å². The minimum Gasteiger partial charge on any atom is -0.508 e. The topological polar surface area (TPSA) is 84.3 Å². The molecule has 0 radical (unpaired) electrons. The fourth-order valence-corrected chi connectivity index (χ4v) is 4.35. The highest BCUT2D eigenvalue weighted by atomic mass is 16.3. The number of carbonyl (C=O) groups is 2. The molecule has 2 heterocycles. The van der Waals surface area contributed by atoms with Crippen molar-refractivity contribution in [2.45, 2.75) is 60.2 Å². The van der Waals surface area contributed by atoms with Crippen LogP contribution in [0.25, 0.3) is 0 Å². The molecule has 0 saturated carbocycles. The van der Waals surface area contributed by atoms with Crippen LogP contribution in [0.4, 0.5) is 0 Å². The van der Waals surface area contributed by atoms with Gasteiger partial charge >= 0.3 is 0 Å². The lowest BCUT2D eigenvalue weighted by molar-refractivity contribution is -0.119. The Morgan fingerprint density at radius 2 is 1.50 bits per heavy atom. The number of phenolic OH excluding ortho intramolecular Hbond substituents is 2. The van der Waals surface area contributed by atoms with E-state index in [2.05, 4.69) is 35.0 Å². The molecule has 7 heteroatoms. The number of phenols is 2. The summed E-state index contributed by atoms with van der Waals surface area (Å²) >= 11 is 0. The maximum absolute atomic E-state index is 13.1. The Balaban J connectivity index is 0.000000538. The van der Waals surface area contributed by atoms with Crippen LogP contribution in [0.5, 0.6) is 11.5 Å². The third-order valence-corrected chi connectivity index (χ3v) is 7.09. The average Bonchev–Trinajstić information content (AvgIpc) is 3.24. The molecule has 1 amide bonds. The Morgan fingerprint density at radius 3 is 2.08 bits per heavy atom. The van der Waals surface area contributed by atoms with Gasteiger partial charge in [0.05, 0.1) is 5.56 Å². The van der Waals surface area contributed by atoms with Crippen molar-refractivity contribution in [1.29, 1.82) is 0 Å². The first-order valence-electron chi connectivity index (χ1n) is 12.8. The highest BCUT2D eigenvalue weighted by molar-refractivity contribution is 5.97. The maximum atomic E-state index is 13.1. The smallest absolute Gasteiger partial charge is 0.258 e. The summed E-state index contributed by atoms with van der Waals surface area (Å²) in [6.07, 6.45) is 0. The van der Waals surface area contributed by atoms with Gasteiger partial charge in [-0.25, -0.2) is 0 Å². The number of aromatic hydroxyl groups is 2. The lowest BCUT2D eigenvalue weighted by atomic mass is 9.98. The zero-order valence-electron chi connectivity index (χ0n) is 22.5. The van der Waals surface area contributed by atoms with E-state index < -0.39 is 0 Å². The molecule has 0 spiro atoms. The minimum absolute atomic E-state index is 0.0253. The van der Waals surface area contributed by atoms with E-state index in [9.17, 15) is 19.8 Å². The second kappa shape index (κ2) is 11.9. The molecule has 196 valence electrons. The summed E-state index contributed by atoms with van der Waals surface area (Å²) in [7, 11) is 2.16. The summed E-state index contributed by atoms with van der Waals surface area (Å²) in [5, 5.41) is 20.3. The highest BCUT2D eigenvalue weighted by Crippen LogP contribution is 2.34. The second-order valence-electron chi connectivity index (χ2n) is 10.7.